The maximum Gasteiger partial charge on any atom is 0.262 e. The van der Waals surface area contributed by atoms with Gasteiger partial charge in [-0.2, -0.15) is 0 Å². The fraction of sp³-hybridized carbons (Fsp3) is 0.136. The molecule has 0 aromatic heterocycles. The van der Waals surface area contributed by atoms with Crippen LogP contribution in [0.25, 0.3) is 0 Å². The molecule has 3 aromatic rings. The summed E-state index contributed by atoms with van der Waals surface area (Å²) >= 11 is 3.34. The SMILES string of the molecule is CS(=O)(=O)N(Cc1ccc(F)cc1)c1ccc(OCC(=O)Nc2cccc(Br)c2)cc1. The Bertz CT molecular complexity index is 1150. The Balaban J connectivity index is 1.64. The minimum absolute atomic E-state index is 0.0638. The zero-order chi connectivity index (χ0) is 22.4. The molecule has 0 aliphatic rings. The number of sulfonamides is 1. The summed E-state index contributed by atoms with van der Waals surface area (Å²) < 4.78 is 45.2. The highest BCUT2D eigenvalue weighted by atomic mass is 79.9. The smallest absolute Gasteiger partial charge is 0.262 e. The Morgan fingerprint density at radius 3 is 2.35 bits per heavy atom. The van der Waals surface area contributed by atoms with Gasteiger partial charge in [0.15, 0.2) is 6.61 Å². The molecule has 31 heavy (non-hydrogen) atoms. The normalized spacial score (nSPS) is 11.1. The number of benzene rings is 3. The van der Waals surface area contributed by atoms with Crippen molar-refractivity contribution in [2.45, 2.75) is 6.54 Å². The van der Waals surface area contributed by atoms with E-state index in [9.17, 15) is 17.6 Å². The van der Waals surface area contributed by atoms with Crippen LogP contribution in [0.5, 0.6) is 5.75 Å². The zero-order valence-corrected chi connectivity index (χ0v) is 19.0. The molecule has 9 heteroatoms. The average Bonchev–Trinajstić information content (AvgIpc) is 2.71. The molecule has 162 valence electrons. The number of nitrogens with zero attached hydrogens (tertiary/aromatic N) is 1. The van der Waals surface area contributed by atoms with Crippen LogP contribution in [0.15, 0.2) is 77.3 Å². The van der Waals surface area contributed by atoms with Crippen molar-refractivity contribution in [1.82, 2.24) is 0 Å². The Labute approximate surface area is 188 Å². The highest BCUT2D eigenvalue weighted by Crippen LogP contribution is 2.24. The van der Waals surface area contributed by atoms with Crippen molar-refractivity contribution >= 4 is 43.2 Å². The summed E-state index contributed by atoms with van der Waals surface area (Å²) in [5.41, 5.74) is 1.72. The number of halogens is 2. The molecule has 1 amide bonds. The van der Waals surface area contributed by atoms with E-state index in [2.05, 4.69) is 21.2 Å². The molecule has 0 fully saturated rings. The minimum Gasteiger partial charge on any atom is -0.484 e. The quantitative estimate of drug-likeness (QED) is 0.485. The summed E-state index contributed by atoms with van der Waals surface area (Å²) in [7, 11) is -3.57. The molecule has 0 saturated carbocycles. The van der Waals surface area contributed by atoms with Crippen LogP contribution in [0.1, 0.15) is 5.56 Å². The largest absolute Gasteiger partial charge is 0.484 e. The van der Waals surface area contributed by atoms with Gasteiger partial charge in [-0.25, -0.2) is 12.8 Å². The Morgan fingerprint density at radius 1 is 1.06 bits per heavy atom. The first-order chi connectivity index (χ1) is 14.7. The molecule has 0 unspecified atom stereocenters. The third kappa shape index (κ3) is 6.80. The van der Waals surface area contributed by atoms with Gasteiger partial charge >= 0.3 is 0 Å². The van der Waals surface area contributed by atoms with Crippen LogP contribution in [0.4, 0.5) is 15.8 Å². The van der Waals surface area contributed by atoms with Crippen LogP contribution in [0, 0.1) is 5.82 Å². The van der Waals surface area contributed by atoms with E-state index in [-0.39, 0.29) is 24.9 Å². The molecule has 3 rings (SSSR count). The van der Waals surface area contributed by atoms with E-state index in [1.54, 1.807) is 42.5 Å². The average molecular weight is 507 g/mol. The first-order valence-electron chi connectivity index (χ1n) is 9.21. The monoisotopic (exact) mass is 506 g/mol. The Morgan fingerprint density at radius 2 is 1.74 bits per heavy atom. The van der Waals surface area contributed by atoms with E-state index in [0.717, 1.165) is 10.7 Å². The van der Waals surface area contributed by atoms with Crippen LogP contribution < -0.4 is 14.4 Å². The number of ether oxygens (including phenoxy) is 1. The summed E-state index contributed by atoms with van der Waals surface area (Å²) in [4.78, 5) is 12.1. The fourth-order valence-electron chi connectivity index (χ4n) is 2.78. The van der Waals surface area contributed by atoms with Gasteiger partial charge in [-0.1, -0.05) is 34.1 Å². The minimum atomic E-state index is -3.57. The zero-order valence-electron chi connectivity index (χ0n) is 16.6. The molecule has 0 aliphatic carbocycles. The van der Waals surface area contributed by atoms with Gasteiger partial charge in [0, 0.05) is 10.2 Å². The number of rotatable bonds is 8. The van der Waals surface area contributed by atoms with Gasteiger partial charge in [-0.3, -0.25) is 9.10 Å². The van der Waals surface area contributed by atoms with Gasteiger partial charge < -0.3 is 10.1 Å². The molecule has 0 radical (unpaired) electrons. The van der Waals surface area contributed by atoms with Crippen molar-refractivity contribution in [2.75, 3.05) is 22.5 Å². The number of carbonyl (C=O) groups excluding carboxylic acids is 1. The van der Waals surface area contributed by atoms with Crippen LogP contribution in [-0.4, -0.2) is 27.2 Å². The van der Waals surface area contributed by atoms with Gasteiger partial charge in [0.2, 0.25) is 10.0 Å². The molecule has 0 heterocycles. The van der Waals surface area contributed by atoms with Crippen LogP contribution in [0.2, 0.25) is 0 Å². The van der Waals surface area contributed by atoms with Gasteiger partial charge in [0.05, 0.1) is 18.5 Å². The topological polar surface area (TPSA) is 75.7 Å². The van der Waals surface area contributed by atoms with E-state index in [1.807, 2.05) is 6.07 Å². The van der Waals surface area contributed by atoms with Gasteiger partial charge in [0.25, 0.3) is 5.91 Å². The molecule has 0 spiro atoms. The van der Waals surface area contributed by atoms with Crippen molar-refractivity contribution in [3.63, 3.8) is 0 Å². The second-order valence-electron chi connectivity index (χ2n) is 6.74. The lowest BCUT2D eigenvalue weighted by molar-refractivity contribution is -0.118. The van der Waals surface area contributed by atoms with E-state index in [1.165, 1.54) is 28.6 Å². The van der Waals surface area contributed by atoms with Gasteiger partial charge in [-0.05, 0) is 60.2 Å². The second-order valence-corrected chi connectivity index (χ2v) is 9.56. The number of nitrogens with one attached hydrogen (secondary N) is 1. The summed E-state index contributed by atoms with van der Waals surface area (Å²) in [5.74, 6) is -0.292. The summed E-state index contributed by atoms with van der Waals surface area (Å²) in [5, 5.41) is 2.73. The summed E-state index contributed by atoms with van der Waals surface area (Å²) in [6.07, 6.45) is 1.10. The third-order valence-electron chi connectivity index (χ3n) is 4.24. The molecule has 0 atom stereocenters. The predicted octanol–water partition coefficient (Wildman–Crippen LogP) is 4.57. The standard InChI is InChI=1S/C22H20BrFN2O4S/c1-31(28,29)26(14-16-5-7-18(24)8-6-16)20-9-11-21(12-10-20)30-15-22(27)25-19-4-2-3-17(23)13-19/h2-13H,14-15H2,1H3,(H,25,27). The van der Waals surface area contributed by atoms with Crippen molar-refractivity contribution in [1.29, 1.82) is 0 Å². The maximum atomic E-state index is 13.1. The molecule has 0 aliphatic heterocycles. The molecule has 0 saturated heterocycles. The molecular weight excluding hydrogens is 487 g/mol. The van der Waals surface area contributed by atoms with Crippen LogP contribution in [0.3, 0.4) is 0 Å². The van der Waals surface area contributed by atoms with Crippen LogP contribution >= 0.6 is 15.9 Å². The van der Waals surface area contributed by atoms with E-state index in [4.69, 9.17) is 4.74 Å². The lowest BCUT2D eigenvalue weighted by atomic mass is 10.2. The van der Waals surface area contributed by atoms with Crippen LogP contribution in [-0.2, 0) is 21.4 Å². The second kappa shape index (κ2) is 9.93. The van der Waals surface area contributed by atoms with E-state index >= 15 is 0 Å². The lowest BCUT2D eigenvalue weighted by Gasteiger charge is -2.22. The fourth-order valence-corrected chi connectivity index (χ4v) is 4.06. The first kappa shape index (κ1) is 22.8. The number of carbonyl (C=O) groups is 1. The molecule has 6 nitrogen and oxygen atoms in total. The van der Waals surface area contributed by atoms with Crippen molar-refractivity contribution in [3.8, 4) is 5.75 Å². The highest BCUT2D eigenvalue weighted by molar-refractivity contribution is 9.10. The number of hydrogen-bond acceptors (Lipinski definition) is 4. The first-order valence-corrected chi connectivity index (χ1v) is 11.9. The van der Waals surface area contributed by atoms with E-state index in [0.29, 0.717) is 22.7 Å². The van der Waals surface area contributed by atoms with Gasteiger partial charge in [-0.15, -0.1) is 0 Å². The number of amides is 1. The summed E-state index contributed by atoms with van der Waals surface area (Å²) in [6, 6.07) is 19.2. The molecule has 3 aromatic carbocycles. The Hall–Kier alpha value is -2.91. The molecular formula is C22H20BrFN2O4S. The third-order valence-corrected chi connectivity index (χ3v) is 5.88. The predicted molar refractivity (Wildman–Crippen MR) is 122 cm³/mol. The van der Waals surface area contributed by atoms with E-state index < -0.39 is 10.0 Å². The van der Waals surface area contributed by atoms with Crippen molar-refractivity contribution in [2.24, 2.45) is 0 Å². The highest BCUT2D eigenvalue weighted by Gasteiger charge is 2.18. The molecule has 1 N–H and O–H groups in total. The number of anilines is 2. The lowest BCUT2D eigenvalue weighted by Crippen LogP contribution is -2.29. The van der Waals surface area contributed by atoms with Crippen molar-refractivity contribution in [3.05, 3.63) is 88.6 Å². The summed E-state index contributed by atoms with van der Waals surface area (Å²) in [6.45, 7) is -0.133. The Kier molecular flexibility index (Phi) is 7.29. The maximum absolute atomic E-state index is 13.1. The molecule has 0 bridgehead atoms. The number of hydrogen-bond donors (Lipinski definition) is 1. The van der Waals surface area contributed by atoms with Gasteiger partial charge in [0.1, 0.15) is 11.6 Å². The van der Waals surface area contributed by atoms with Crippen molar-refractivity contribution < 1.29 is 22.3 Å².